The molecule has 1 rings (SSSR count). The summed E-state index contributed by atoms with van der Waals surface area (Å²) in [5.74, 6) is -2.19. The quantitative estimate of drug-likeness (QED) is 0.189. The number of esters is 1. The zero-order valence-corrected chi connectivity index (χ0v) is 16.2. The van der Waals surface area contributed by atoms with Crippen LogP contribution in [0, 0.1) is 0 Å². The molecule has 29 heavy (non-hydrogen) atoms. The second kappa shape index (κ2) is 11.2. The third kappa shape index (κ3) is 10.3. The highest BCUT2D eigenvalue weighted by molar-refractivity contribution is 5.89. The lowest BCUT2D eigenvalue weighted by Gasteiger charge is -2.19. The number of alkyl carbamates (subject to hydrolysis) is 1. The Labute approximate surface area is 166 Å². The van der Waals surface area contributed by atoms with Gasteiger partial charge in [-0.3, -0.25) is 15.3 Å². The first-order valence-corrected chi connectivity index (χ1v) is 8.46. The third-order valence-corrected chi connectivity index (χ3v) is 2.94. The summed E-state index contributed by atoms with van der Waals surface area (Å²) in [5.41, 5.74) is -0.878. The standard InChI is InChI=1S/C17H24N2O10/c1-17(2,3)29-16(23)18-10-14(20)28-13-9-11(15(21)22)5-6-12(13)26-7-4-8-27-19(24)25/h5-6,9,24-25H,4,7-8,10H2,1-3H3,(H,18,23)(H,21,22). The van der Waals surface area contributed by atoms with Crippen molar-refractivity contribution in [3.8, 4) is 11.5 Å². The Balaban J connectivity index is 2.70. The predicted molar refractivity (Wildman–Crippen MR) is 94.7 cm³/mol. The van der Waals surface area contributed by atoms with Crippen molar-refractivity contribution < 1.29 is 49.0 Å². The van der Waals surface area contributed by atoms with Gasteiger partial charge in [0, 0.05) is 6.42 Å². The van der Waals surface area contributed by atoms with Gasteiger partial charge in [0.25, 0.3) is 0 Å². The second-order valence-corrected chi connectivity index (χ2v) is 6.58. The predicted octanol–water partition coefficient (Wildman–Crippen LogP) is 1.60. The second-order valence-electron chi connectivity index (χ2n) is 6.58. The molecule has 0 atom stereocenters. The van der Waals surface area contributed by atoms with Crippen LogP contribution in [0.2, 0.25) is 0 Å². The number of carbonyl (C=O) groups is 3. The fourth-order valence-electron chi connectivity index (χ4n) is 1.84. The highest BCUT2D eigenvalue weighted by Crippen LogP contribution is 2.29. The zero-order valence-electron chi connectivity index (χ0n) is 16.2. The maximum atomic E-state index is 12.0. The first-order chi connectivity index (χ1) is 13.5. The topological polar surface area (TPSA) is 164 Å². The van der Waals surface area contributed by atoms with Crippen LogP contribution in [-0.2, 0) is 14.4 Å². The smallest absolute Gasteiger partial charge is 0.408 e. The van der Waals surface area contributed by atoms with E-state index in [0.717, 1.165) is 6.07 Å². The number of carboxylic acid groups (broad SMARTS) is 1. The van der Waals surface area contributed by atoms with Crippen molar-refractivity contribution in [3.63, 3.8) is 0 Å². The molecule has 0 fully saturated rings. The van der Waals surface area contributed by atoms with Gasteiger partial charge in [-0.15, -0.1) is 0 Å². The van der Waals surface area contributed by atoms with Crippen molar-refractivity contribution in [2.24, 2.45) is 0 Å². The molecule has 0 radical (unpaired) electrons. The van der Waals surface area contributed by atoms with E-state index in [1.54, 1.807) is 20.8 Å². The summed E-state index contributed by atoms with van der Waals surface area (Å²) in [6.07, 6.45) is -0.571. The van der Waals surface area contributed by atoms with Gasteiger partial charge < -0.3 is 24.6 Å². The number of ether oxygens (including phenoxy) is 3. The number of hydrogen-bond acceptors (Lipinski definition) is 10. The van der Waals surface area contributed by atoms with Crippen LogP contribution in [0.1, 0.15) is 37.6 Å². The average molecular weight is 416 g/mol. The molecule has 0 bridgehead atoms. The van der Waals surface area contributed by atoms with Gasteiger partial charge in [-0.2, -0.15) is 0 Å². The number of carboxylic acids is 1. The van der Waals surface area contributed by atoms with Gasteiger partial charge in [0.15, 0.2) is 11.5 Å². The van der Waals surface area contributed by atoms with E-state index in [4.69, 9.17) is 29.7 Å². The molecule has 12 heteroatoms. The minimum atomic E-state index is -1.24. The van der Waals surface area contributed by atoms with E-state index >= 15 is 0 Å². The van der Waals surface area contributed by atoms with Crippen LogP contribution in [-0.4, -0.2) is 64.3 Å². The molecule has 0 aliphatic heterocycles. The number of benzene rings is 1. The van der Waals surface area contributed by atoms with E-state index in [2.05, 4.69) is 10.2 Å². The van der Waals surface area contributed by atoms with Crippen LogP contribution in [0.25, 0.3) is 0 Å². The molecule has 0 saturated carbocycles. The van der Waals surface area contributed by atoms with Crippen LogP contribution in [0.3, 0.4) is 0 Å². The van der Waals surface area contributed by atoms with Crippen LogP contribution < -0.4 is 14.8 Å². The van der Waals surface area contributed by atoms with Crippen molar-refractivity contribution in [1.29, 1.82) is 0 Å². The highest BCUT2D eigenvalue weighted by atomic mass is 17.1. The van der Waals surface area contributed by atoms with Gasteiger partial charge in [-0.05, 0) is 39.0 Å². The number of nitrogens with one attached hydrogen (secondary N) is 1. The largest absolute Gasteiger partial charge is 0.490 e. The molecule has 0 heterocycles. The summed E-state index contributed by atoms with van der Waals surface area (Å²) >= 11 is 0. The van der Waals surface area contributed by atoms with Crippen LogP contribution in [0.15, 0.2) is 18.2 Å². The van der Waals surface area contributed by atoms with E-state index < -0.39 is 35.6 Å². The van der Waals surface area contributed by atoms with E-state index in [1.807, 2.05) is 0 Å². The number of hydrogen-bond donors (Lipinski definition) is 4. The summed E-state index contributed by atoms with van der Waals surface area (Å²) in [6, 6.07) is 3.66. The molecule has 1 amide bonds. The zero-order chi connectivity index (χ0) is 22.0. The van der Waals surface area contributed by atoms with Gasteiger partial charge in [-0.1, -0.05) is 0 Å². The average Bonchev–Trinajstić information content (AvgIpc) is 2.59. The van der Waals surface area contributed by atoms with Crippen molar-refractivity contribution in [3.05, 3.63) is 23.8 Å². The molecule has 1 aromatic rings. The molecule has 162 valence electrons. The Morgan fingerprint density at radius 2 is 1.79 bits per heavy atom. The number of rotatable bonds is 10. The Morgan fingerprint density at radius 3 is 2.38 bits per heavy atom. The molecule has 4 N–H and O–H groups in total. The van der Waals surface area contributed by atoms with Crippen molar-refractivity contribution >= 4 is 18.0 Å². The van der Waals surface area contributed by atoms with Gasteiger partial charge in [-0.25, -0.2) is 14.4 Å². The summed E-state index contributed by atoms with van der Waals surface area (Å²) in [4.78, 5) is 39.1. The van der Waals surface area contributed by atoms with Crippen LogP contribution >= 0.6 is 0 Å². The number of aromatic carboxylic acids is 1. The third-order valence-electron chi connectivity index (χ3n) is 2.94. The van der Waals surface area contributed by atoms with Crippen molar-refractivity contribution in [2.75, 3.05) is 19.8 Å². The molecule has 0 aliphatic rings. The van der Waals surface area contributed by atoms with Gasteiger partial charge in [0.05, 0.1) is 24.2 Å². The minimum Gasteiger partial charge on any atom is -0.490 e. The SMILES string of the molecule is CC(C)(C)OC(=O)NCC(=O)Oc1cc(C(=O)O)ccc1OCCCON(O)O. The lowest BCUT2D eigenvalue weighted by Crippen LogP contribution is -2.36. The number of amides is 1. The molecule has 0 aliphatic carbocycles. The Morgan fingerprint density at radius 1 is 1.10 bits per heavy atom. The van der Waals surface area contributed by atoms with Crippen molar-refractivity contribution in [1.82, 2.24) is 10.7 Å². The number of nitrogens with zero attached hydrogens (tertiary/aromatic N) is 1. The molecule has 0 unspecified atom stereocenters. The Bertz CT molecular complexity index is 715. The maximum absolute atomic E-state index is 12.0. The molecule has 0 spiro atoms. The monoisotopic (exact) mass is 416 g/mol. The molecule has 0 saturated heterocycles. The van der Waals surface area contributed by atoms with E-state index in [-0.39, 0.29) is 36.7 Å². The fraction of sp³-hybridized carbons (Fsp3) is 0.471. The molecule has 12 nitrogen and oxygen atoms in total. The summed E-state index contributed by atoms with van der Waals surface area (Å²) in [7, 11) is 0. The van der Waals surface area contributed by atoms with E-state index in [9.17, 15) is 14.4 Å². The molecule has 0 aromatic heterocycles. The maximum Gasteiger partial charge on any atom is 0.408 e. The van der Waals surface area contributed by atoms with E-state index in [1.165, 1.54) is 12.1 Å². The summed E-state index contributed by atoms with van der Waals surface area (Å²) in [5, 5.41) is 27.7. The lowest BCUT2D eigenvalue weighted by atomic mass is 10.2. The Hall–Kier alpha value is -2.93. The van der Waals surface area contributed by atoms with Crippen LogP contribution in [0.5, 0.6) is 11.5 Å². The van der Waals surface area contributed by atoms with Gasteiger partial charge in [0.1, 0.15) is 12.1 Å². The minimum absolute atomic E-state index is 0.0426. The van der Waals surface area contributed by atoms with Gasteiger partial charge in [0.2, 0.25) is 0 Å². The van der Waals surface area contributed by atoms with E-state index in [0.29, 0.717) is 0 Å². The molecule has 1 aromatic carbocycles. The summed E-state index contributed by atoms with van der Waals surface area (Å²) in [6.45, 7) is 4.44. The van der Waals surface area contributed by atoms with Gasteiger partial charge >= 0.3 is 18.0 Å². The molecular weight excluding hydrogens is 392 g/mol. The highest BCUT2D eigenvalue weighted by Gasteiger charge is 2.18. The number of carbonyl (C=O) groups excluding carboxylic acids is 2. The van der Waals surface area contributed by atoms with Crippen molar-refractivity contribution in [2.45, 2.75) is 32.8 Å². The Kier molecular flexibility index (Phi) is 9.28. The first kappa shape index (κ1) is 24.1. The summed E-state index contributed by atoms with van der Waals surface area (Å²) < 4.78 is 15.5. The lowest BCUT2D eigenvalue weighted by molar-refractivity contribution is -0.492. The fourth-order valence-corrected chi connectivity index (χ4v) is 1.84. The van der Waals surface area contributed by atoms with Crippen LogP contribution in [0.4, 0.5) is 4.79 Å². The first-order valence-electron chi connectivity index (χ1n) is 8.46. The normalized spacial score (nSPS) is 11.1. The molecular formula is C17H24N2O10.